The summed E-state index contributed by atoms with van der Waals surface area (Å²) in [6.07, 6.45) is 8.00. The average molecular weight is 437 g/mol. The van der Waals surface area contributed by atoms with Crippen molar-refractivity contribution in [3.05, 3.63) is 23.8 Å². The zero-order valence-electron chi connectivity index (χ0n) is 19.7. The lowest BCUT2D eigenvalue weighted by Crippen LogP contribution is -2.29. The van der Waals surface area contributed by atoms with Gasteiger partial charge < -0.3 is 24.4 Å². The van der Waals surface area contributed by atoms with Crippen LogP contribution in [0.3, 0.4) is 0 Å². The van der Waals surface area contributed by atoms with E-state index in [0.29, 0.717) is 32.6 Å². The van der Waals surface area contributed by atoms with Crippen molar-refractivity contribution in [2.45, 2.75) is 57.8 Å². The predicted molar refractivity (Wildman–Crippen MR) is 123 cm³/mol. The number of methoxy groups -OCH3 is 2. The summed E-state index contributed by atoms with van der Waals surface area (Å²) in [5, 5.41) is 2.81. The Kier molecular flexibility index (Phi) is 14.2. The van der Waals surface area contributed by atoms with E-state index in [1.54, 1.807) is 28.3 Å². The van der Waals surface area contributed by atoms with Crippen molar-refractivity contribution in [1.82, 2.24) is 10.2 Å². The Morgan fingerprint density at radius 1 is 0.903 bits per heavy atom. The van der Waals surface area contributed by atoms with Crippen LogP contribution in [-0.2, 0) is 20.7 Å². The zero-order chi connectivity index (χ0) is 22.9. The Balaban J connectivity index is 2.16. The molecule has 176 valence electrons. The summed E-state index contributed by atoms with van der Waals surface area (Å²) in [5.41, 5.74) is 1.24. The number of aryl methyl sites for hydroxylation is 1. The zero-order valence-corrected chi connectivity index (χ0v) is 19.7. The second kappa shape index (κ2) is 16.4. The summed E-state index contributed by atoms with van der Waals surface area (Å²) in [7, 11) is 6.78. The van der Waals surface area contributed by atoms with Crippen LogP contribution in [0.5, 0.6) is 11.5 Å². The molecule has 0 unspecified atom stereocenters. The molecule has 1 rings (SSSR count). The molecule has 1 N–H and O–H groups in total. The number of hydrogen-bond acceptors (Lipinski definition) is 5. The molecule has 0 aliphatic carbocycles. The first-order chi connectivity index (χ1) is 15.0. The molecule has 0 fully saturated rings. The van der Waals surface area contributed by atoms with Gasteiger partial charge in [0, 0.05) is 53.6 Å². The van der Waals surface area contributed by atoms with Gasteiger partial charge in [0.15, 0.2) is 11.5 Å². The lowest BCUT2D eigenvalue weighted by molar-refractivity contribution is -0.128. The van der Waals surface area contributed by atoms with Crippen molar-refractivity contribution in [3.8, 4) is 11.5 Å². The summed E-state index contributed by atoms with van der Waals surface area (Å²) < 4.78 is 16.3. The van der Waals surface area contributed by atoms with E-state index in [2.05, 4.69) is 17.4 Å². The van der Waals surface area contributed by atoms with Gasteiger partial charge in [-0.15, -0.1) is 0 Å². The summed E-state index contributed by atoms with van der Waals surface area (Å²) in [6.45, 7) is 1.70. The third-order valence-electron chi connectivity index (χ3n) is 5.01. The summed E-state index contributed by atoms with van der Waals surface area (Å²) in [6, 6.07) is 6.12. The van der Waals surface area contributed by atoms with Gasteiger partial charge in [-0.25, -0.2) is 0 Å². The van der Waals surface area contributed by atoms with Crippen molar-refractivity contribution in [3.63, 3.8) is 0 Å². The van der Waals surface area contributed by atoms with Gasteiger partial charge in [0.2, 0.25) is 11.8 Å². The van der Waals surface area contributed by atoms with Crippen LogP contribution >= 0.6 is 0 Å². The number of carbonyl (C=O) groups excluding carboxylic acids is 2. The molecule has 7 heteroatoms. The maximum absolute atomic E-state index is 11.8. The number of nitrogens with one attached hydrogen (secondary N) is 1. The fourth-order valence-corrected chi connectivity index (χ4v) is 3.14. The first-order valence-corrected chi connectivity index (χ1v) is 11.2. The molecule has 0 saturated heterocycles. The van der Waals surface area contributed by atoms with E-state index in [9.17, 15) is 9.59 Å². The van der Waals surface area contributed by atoms with Gasteiger partial charge in [0.25, 0.3) is 0 Å². The van der Waals surface area contributed by atoms with Gasteiger partial charge in [0.1, 0.15) is 0 Å². The van der Waals surface area contributed by atoms with Crippen LogP contribution < -0.4 is 14.8 Å². The predicted octanol–water partition coefficient (Wildman–Crippen LogP) is 3.59. The number of rotatable bonds is 17. The first-order valence-electron chi connectivity index (χ1n) is 11.2. The number of carbonyl (C=O) groups is 2. The van der Waals surface area contributed by atoms with E-state index in [1.165, 1.54) is 10.5 Å². The highest BCUT2D eigenvalue weighted by Gasteiger charge is 2.07. The molecule has 0 aromatic heterocycles. The van der Waals surface area contributed by atoms with Crippen molar-refractivity contribution in [2.24, 2.45) is 0 Å². The Labute approximate surface area is 187 Å². The number of amides is 2. The molecule has 0 saturated carbocycles. The van der Waals surface area contributed by atoms with E-state index in [4.69, 9.17) is 14.2 Å². The highest BCUT2D eigenvalue weighted by Crippen LogP contribution is 2.29. The lowest BCUT2D eigenvalue weighted by Gasteiger charge is -2.12. The largest absolute Gasteiger partial charge is 0.493 e. The van der Waals surface area contributed by atoms with Crippen molar-refractivity contribution in [2.75, 3.05) is 48.1 Å². The molecular formula is C24H40N2O5. The second-order valence-corrected chi connectivity index (χ2v) is 7.84. The smallest absolute Gasteiger partial charge is 0.223 e. The summed E-state index contributed by atoms with van der Waals surface area (Å²) >= 11 is 0. The van der Waals surface area contributed by atoms with Crippen LogP contribution in [0.25, 0.3) is 0 Å². The Bertz CT molecular complexity index is 649. The molecular weight excluding hydrogens is 396 g/mol. The fraction of sp³-hybridized carbons (Fsp3) is 0.667. The summed E-state index contributed by atoms with van der Waals surface area (Å²) in [4.78, 5) is 24.8. The van der Waals surface area contributed by atoms with Gasteiger partial charge in [-0.1, -0.05) is 25.3 Å². The number of hydrogen-bond donors (Lipinski definition) is 1. The molecule has 7 nitrogen and oxygen atoms in total. The first kappa shape index (κ1) is 26.8. The van der Waals surface area contributed by atoms with E-state index in [0.717, 1.165) is 56.4 Å². The SMILES string of the molecule is COCCCOc1cc(CCCCCCCC(=O)NCCC(=O)N(C)C)ccc1OC. The topological polar surface area (TPSA) is 77.1 Å². The molecule has 1 aromatic carbocycles. The molecule has 0 atom stereocenters. The minimum Gasteiger partial charge on any atom is -0.493 e. The molecule has 0 spiro atoms. The van der Waals surface area contributed by atoms with Crippen LogP contribution in [0.1, 0.15) is 56.9 Å². The van der Waals surface area contributed by atoms with Gasteiger partial charge in [-0.3, -0.25) is 9.59 Å². The monoisotopic (exact) mass is 436 g/mol. The van der Waals surface area contributed by atoms with Crippen LogP contribution in [0.4, 0.5) is 0 Å². The highest BCUT2D eigenvalue weighted by molar-refractivity contribution is 5.78. The van der Waals surface area contributed by atoms with Crippen LogP contribution in [0, 0.1) is 0 Å². The number of ether oxygens (including phenoxy) is 3. The molecule has 1 aromatic rings. The number of nitrogens with zero attached hydrogens (tertiary/aromatic N) is 1. The van der Waals surface area contributed by atoms with Crippen molar-refractivity contribution in [1.29, 1.82) is 0 Å². The maximum atomic E-state index is 11.8. The molecule has 31 heavy (non-hydrogen) atoms. The molecule has 0 heterocycles. The fourth-order valence-electron chi connectivity index (χ4n) is 3.14. The normalized spacial score (nSPS) is 10.6. The molecule has 0 radical (unpaired) electrons. The van der Waals surface area contributed by atoms with E-state index in [-0.39, 0.29) is 11.8 Å². The number of benzene rings is 1. The second-order valence-electron chi connectivity index (χ2n) is 7.84. The highest BCUT2D eigenvalue weighted by atomic mass is 16.5. The lowest BCUT2D eigenvalue weighted by atomic mass is 10.0. The van der Waals surface area contributed by atoms with E-state index < -0.39 is 0 Å². The van der Waals surface area contributed by atoms with Gasteiger partial charge >= 0.3 is 0 Å². The van der Waals surface area contributed by atoms with Gasteiger partial charge in [0.05, 0.1) is 13.7 Å². The third-order valence-corrected chi connectivity index (χ3v) is 5.01. The molecule has 2 amide bonds. The Hall–Kier alpha value is -2.28. The molecule has 0 aliphatic rings. The quantitative estimate of drug-likeness (QED) is 0.378. The van der Waals surface area contributed by atoms with Crippen LogP contribution in [-0.4, -0.2) is 64.8 Å². The van der Waals surface area contributed by atoms with E-state index in [1.807, 2.05) is 6.07 Å². The summed E-state index contributed by atoms with van der Waals surface area (Å²) in [5.74, 6) is 1.60. The van der Waals surface area contributed by atoms with Crippen molar-refractivity contribution < 1.29 is 23.8 Å². The number of unbranched alkanes of at least 4 members (excludes halogenated alkanes) is 4. The maximum Gasteiger partial charge on any atom is 0.223 e. The molecule has 0 aliphatic heterocycles. The minimum atomic E-state index is 0.0296. The van der Waals surface area contributed by atoms with E-state index >= 15 is 0 Å². The Morgan fingerprint density at radius 2 is 1.65 bits per heavy atom. The Morgan fingerprint density at radius 3 is 2.35 bits per heavy atom. The minimum absolute atomic E-state index is 0.0296. The molecule has 0 bridgehead atoms. The van der Waals surface area contributed by atoms with Crippen LogP contribution in [0.2, 0.25) is 0 Å². The van der Waals surface area contributed by atoms with Crippen molar-refractivity contribution >= 4 is 11.8 Å². The standard InChI is InChI=1S/C24H40N2O5/c1-26(2)24(28)15-16-25-23(27)12-9-7-5-6-8-11-20-13-14-21(30-4)22(19-20)31-18-10-17-29-3/h13-14,19H,5-12,15-18H2,1-4H3,(H,25,27). The van der Waals surface area contributed by atoms with Gasteiger partial charge in [-0.05, 0) is 37.0 Å². The van der Waals surface area contributed by atoms with Crippen LogP contribution in [0.15, 0.2) is 18.2 Å². The average Bonchev–Trinajstić information content (AvgIpc) is 2.76. The van der Waals surface area contributed by atoms with Gasteiger partial charge in [-0.2, -0.15) is 0 Å². The third kappa shape index (κ3) is 12.2.